The summed E-state index contributed by atoms with van der Waals surface area (Å²) in [5.74, 6) is 1.78. The van der Waals surface area contributed by atoms with Crippen LogP contribution in [0.2, 0.25) is 0 Å². The molecule has 2 aliphatic rings. The van der Waals surface area contributed by atoms with E-state index in [2.05, 4.69) is 67.1 Å². The number of aromatic nitrogens is 3. The van der Waals surface area contributed by atoms with Crippen molar-refractivity contribution in [3.63, 3.8) is 0 Å². The van der Waals surface area contributed by atoms with E-state index in [-0.39, 0.29) is 5.75 Å². The predicted octanol–water partition coefficient (Wildman–Crippen LogP) is 2.62. The van der Waals surface area contributed by atoms with Gasteiger partial charge in [-0.3, -0.25) is 0 Å². The van der Waals surface area contributed by atoms with Crippen LogP contribution in [0.1, 0.15) is 12.5 Å². The molecule has 2 saturated heterocycles. The monoisotopic (exact) mass is 585 g/mol. The summed E-state index contributed by atoms with van der Waals surface area (Å²) in [5.41, 5.74) is 3.34. The molecule has 33 heavy (non-hydrogen) atoms. The summed E-state index contributed by atoms with van der Waals surface area (Å²) in [6, 6.07) is 1.70. The van der Waals surface area contributed by atoms with Gasteiger partial charge in [-0.25, -0.2) is 5.43 Å². The highest BCUT2D eigenvalue weighted by molar-refractivity contribution is 9.13. The van der Waals surface area contributed by atoms with Crippen LogP contribution in [0, 0.1) is 0 Å². The van der Waals surface area contributed by atoms with Gasteiger partial charge in [0.15, 0.2) is 11.5 Å². The second-order valence-corrected chi connectivity index (χ2v) is 8.84. The van der Waals surface area contributed by atoms with Crippen LogP contribution in [0.15, 0.2) is 20.1 Å². The first-order valence-corrected chi connectivity index (χ1v) is 12.2. The molecule has 0 spiro atoms. The number of ether oxygens (including phenoxy) is 3. The van der Waals surface area contributed by atoms with Crippen LogP contribution in [0.3, 0.4) is 0 Å². The highest BCUT2D eigenvalue weighted by Crippen LogP contribution is 2.39. The Morgan fingerprint density at radius 2 is 1.64 bits per heavy atom. The number of halogens is 2. The molecule has 178 valence electrons. The van der Waals surface area contributed by atoms with Crippen molar-refractivity contribution < 1.29 is 19.3 Å². The van der Waals surface area contributed by atoms with Crippen LogP contribution in [0.4, 0.5) is 17.8 Å². The van der Waals surface area contributed by atoms with Crippen LogP contribution in [-0.2, 0) is 9.47 Å². The van der Waals surface area contributed by atoms with Crippen LogP contribution in [-0.4, -0.2) is 85.5 Å². The highest BCUT2D eigenvalue weighted by Gasteiger charge is 2.21. The fourth-order valence-corrected chi connectivity index (χ4v) is 4.19. The largest absolute Gasteiger partial charge is 0.504 e. The molecule has 1 aromatic carbocycles. The van der Waals surface area contributed by atoms with Gasteiger partial charge in [0.25, 0.3) is 0 Å². The van der Waals surface area contributed by atoms with Crippen molar-refractivity contribution in [3.05, 3.63) is 20.6 Å². The van der Waals surface area contributed by atoms with Gasteiger partial charge in [0, 0.05) is 35.1 Å². The molecule has 0 amide bonds. The van der Waals surface area contributed by atoms with Crippen molar-refractivity contribution >= 4 is 55.9 Å². The van der Waals surface area contributed by atoms with Crippen molar-refractivity contribution in [3.8, 4) is 11.5 Å². The summed E-state index contributed by atoms with van der Waals surface area (Å²) < 4.78 is 17.8. The zero-order valence-corrected chi connectivity index (χ0v) is 21.3. The standard InChI is InChI=1S/C20H25Br2N7O4/c1-2-33-15-11-14(21)16(22)13(17(15)30)12-23-27-18-24-19(28-3-7-31-8-4-28)26-20(25-18)29-5-9-32-10-6-29/h11-12,30H,2-10H2,1H3,(H,24,25,26,27)/b23-12-. The molecule has 11 nitrogen and oxygen atoms in total. The Morgan fingerprint density at radius 1 is 1.06 bits per heavy atom. The van der Waals surface area contributed by atoms with Crippen LogP contribution < -0.4 is 20.0 Å². The van der Waals surface area contributed by atoms with Crippen molar-refractivity contribution in [1.82, 2.24) is 15.0 Å². The van der Waals surface area contributed by atoms with E-state index in [1.54, 1.807) is 6.07 Å². The first-order chi connectivity index (χ1) is 16.1. The van der Waals surface area contributed by atoms with E-state index in [4.69, 9.17) is 14.2 Å². The van der Waals surface area contributed by atoms with Gasteiger partial charge in [-0.05, 0) is 44.8 Å². The van der Waals surface area contributed by atoms with Gasteiger partial charge in [0.05, 0.1) is 44.8 Å². The molecule has 0 bridgehead atoms. The van der Waals surface area contributed by atoms with Crippen LogP contribution in [0.25, 0.3) is 0 Å². The highest BCUT2D eigenvalue weighted by atomic mass is 79.9. The first kappa shape index (κ1) is 23.9. The van der Waals surface area contributed by atoms with Crippen molar-refractivity contribution in [2.45, 2.75) is 6.92 Å². The summed E-state index contributed by atoms with van der Waals surface area (Å²) in [7, 11) is 0. The number of hydrazone groups is 1. The Bertz CT molecular complexity index is 963. The van der Waals surface area contributed by atoms with E-state index in [9.17, 15) is 5.11 Å². The Labute approximate surface area is 208 Å². The van der Waals surface area contributed by atoms with E-state index in [1.807, 2.05) is 6.92 Å². The Hall–Kier alpha value is -2.22. The van der Waals surface area contributed by atoms with Gasteiger partial charge in [-0.15, -0.1) is 0 Å². The topological polar surface area (TPSA) is 117 Å². The number of morpholine rings is 2. The maximum atomic E-state index is 10.6. The second kappa shape index (κ2) is 11.3. The summed E-state index contributed by atoms with van der Waals surface area (Å²) in [6.07, 6.45) is 1.49. The maximum Gasteiger partial charge on any atom is 0.250 e. The summed E-state index contributed by atoms with van der Waals surface area (Å²) in [6.45, 7) is 7.58. The molecule has 2 aromatic rings. The van der Waals surface area contributed by atoms with Crippen LogP contribution >= 0.6 is 31.9 Å². The van der Waals surface area contributed by atoms with Gasteiger partial charge in [0.2, 0.25) is 17.8 Å². The Balaban J connectivity index is 1.60. The van der Waals surface area contributed by atoms with Gasteiger partial charge >= 0.3 is 0 Å². The number of hydrogen-bond acceptors (Lipinski definition) is 11. The zero-order valence-electron chi connectivity index (χ0n) is 18.1. The van der Waals surface area contributed by atoms with Crippen molar-refractivity contribution in [1.29, 1.82) is 0 Å². The summed E-state index contributed by atoms with van der Waals surface area (Å²) >= 11 is 6.93. The zero-order chi connectivity index (χ0) is 23.2. The average Bonchev–Trinajstić information content (AvgIpc) is 2.85. The third kappa shape index (κ3) is 5.83. The number of phenols is 1. The minimum absolute atomic E-state index is 0.0175. The molecule has 4 rings (SSSR count). The lowest BCUT2D eigenvalue weighted by Crippen LogP contribution is -2.40. The van der Waals surface area contributed by atoms with Crippen molar-refractivity contribution in [2.75, 3.05) is 74.4 Å². The van der Waals surface area contributed by atoms with E-state index in [0.29, 0.717) is 92.8 Å². The molecular formula is C20H25Br2N7O4. The fraction of sp³-hybridized carbons (Fsp3) is 0.500. The third-order valence-electron chi connectivity index (χ3n) is 5.05. The maximum absolute atomic E-state index is 10.6. The molecule has 0 unspecified atom stereocenters. The minimum Gasteiger partial charge on any atom is -0.504 e. The Morgan fingerprint density at radius 3 is 2.18 bits per heavy atom. The lowest BCUT2D eigenvalue weighted by Gasteiger charge is -2.30. The van der Waals surface area contributed by atoms with Gasteiger partial charge in [-0.1, -0.05) is 0 Å². The van der Waals surface area contributed by atoms with Gasteiger partial charge in [0.1, 0.15) is 0 Å². The number of anilines is 3. The van der Waals surface area contributed by atoms with E-state index >= 15 is 0 Å². The third-order valence-corrected chi connectivity index (χ3v) is 7.06. The number of hydrogen-bond donors (Lipinski definition) is 2. The number of nitrogens with zero attached hydrogens (tertiary/aromatic N) is 6. The molecule has 2 fully saturated rings. The fourth-order valence-electron chi connectivity index (χ4n) is 3.36. The molecule has 2 N–H and O–H groups in total. The smallest absolute Gasteiger partial charge is 0.250 e. The number of benzene rings is 1. The second-order valence-electron chi connectivity index (χ2n) is 7.19. The SMILES string of the molecule is CCOc1cc(Br)c(Br)c(/C=N\Nc2nc(N3CCOCC3)nc(N3CCOCC3)n2)c1O. The molecule has 0 aliphatic carbocycles. The molecule has 0 radical (unpaired) electrons. The van der Waals surface area contributed by atoms with E-state index in [1.165, 1.54) is 6.21 Å². The normalized spacial score (nSPS) is 16.9. The van der Waals surface area contributed by atoms with Gasteiger partial charge < -0.3 is 29.1 Å². The number of rotatable bonds is 7. The lowest BCUT2D eigenvalue weighted by molar-refractivity contribution is 0.121. The molecular weight excluding hydrogens is 562 g/mol. The molecule has 1 aromatic heterocycles. The summed E-state index contributed by atoms with van der Waals surface area (Å²) in [4.78, 5) is 17.9. The molecule has 3 heterocycles. The predicted molar refractivity (Wildman–Crippen MR) is 132 cm³/mol. The average molecular weight is 587 g/mol. The summed E-state index contributed by atoms with van der Waals surface area (Å²) in [5, 5.41) is 14.8. The van der Waals surface area contributed by atoms with E-state index in [0.717, 1.165) is 4.47 Å². The Kier molecular flexibility index (Phi) is 8.17. The first-order valence-electron chi connectivity index (χ1n) is 10.6. The lowest BCUT2D eigenvalue weighted by atomic mass is 10.2. The van der Waals surface area contributed by atoms with Gasteiger partial charge in [-0.2, -0.15) is 20.1 Å². The van der Waals surface area contributed by atoms with Crippen molar-refractivity contribution in [2.24, 2.45) is 5.10 Å². The molecule has 2 aliphatic heterocycles. The number of phenolic OH excluding ortho intramolecular Hbond substituents is 1. The minimum atomic E-state index is -0.0175. The number of aromatic hydroxyl groups is 1. The molecule has 0 saturated carbocycles. The van der Waals surface area contributed by atoms with E-state index < -0.39 is 0 Å². The molecule has 13 heteroatoms. The molecule has 0 atom stereocenters. The van der Waals surface area contributed by atoms with Crippen LogP contribution in [0.5, 0.6) is 11.5 Å². The number of nitrogens with one attached hydrogen (secondary N) is 1. The quantitative estimate of drug-likeness (QED) is 0.370.